The topological polar surface area (TPSA) is 72.2 Å². The molecule has 17 heavy (non-hydrogen) atoms. The van der Waals surface area contributed by atoms with Gasteiger partial charge in [-0.1, -0.05) is 20.8 Å². The number of nitrogens with one attached hydrogen (secondary N) is 1. The van der Waals surface area contributed by atoms with Crippen LogP contribution in [0.25, 0.3) is 0 Å². The number of nitrogens with two attached hydrogens (primary N) is 1. The van der Waals surface area contributed by atoms with E-state index in [-0.39, 0.29) is 11.8 Å². The van der Waals surface area contributed by atoms with E-state index in [4.69, 9.17) is 5.73 Å². The molecule has 0 fully saturated rings. The van der Waals surface area contributed by atoms with Gasteiger partial charge < -0.3 is 11.1 Å². The fraction of sp³-hybridized carbons (Fsp3) is 0.917. The van der Waals surface area contributed by atoms with Crippen LogP contribution in [0.5, 0.6) is 0 Å². The Morgan fingerprint density at radius 2 is 2.06 bits per heavy atom. The molecule has 3 N–H and O–H groups in total. The third-order valence-corrected chi connectivity index (χ3v) is 3.89. The van der Waals surface area contributed by atoms with E-state index in [1.807, 2.05) is 6.92 Å². The van der Waals surface area contributed by atoms with Crippen molar-refractivity contribution >= 4 is 16.7 Å². The van der Waals surface area contributed by atoms with Gasteiger partial charge in [0, 0.05) is 35.3 Å². The lowest BCUT2D eigenvalue weighted by molar-refractivity contribution is -0.121. The molecule has 1 amide bonds. The third-order valence-electron chi connectivity index (χ3n) is 2.59. The number of hydrogen-bond acceptors (Lipinski definition) is 3. The molecule has 0 saturated carbocycles. The molecule has 0 radical (unpaired) electrons. The van der Waals surface area contributed by atoms with Gasteiger partial charge in [-0.3, -0.25) is 9.00 Å². The lowest BCUT2D eigenvalue weighted by atomic mass is 9.94. The lowest BCUT2D eigenvalue weighted by Crippen LogP contribution is -2.31. The fourth-order valence-corrected chi connectivity index (χ4v) is 2.33. The summed E-state index contributed by atoms with van der Waals surface area (Å²) in [5, 5.41) is 2.80. The van der Waals surface area contributed by atoms with Crippen LogP contribution in [-0.4, -0.2) is 34.7 Å². The highest BCUT2D eigenvalue weighted by molar-refractivity contribution is 7.84. The van der Waals surface area contributed by atoms with Gasteiger partial charge in [0.05, 0.1) is 0 Å². The van der Waals surface area contributed by atoms with Crippen LogP contribution in [0.3, 0.4) is 0 Å². The molecule has 0 aromatic rings. The standard InChI is InChI=1S/C12H26N2O2S/c1-4-17(16)6-5-14-12(15)8-11(9-13)7-10(2)3/h10-11H,4-9,13H2,1-3H3,(H,14,15). The van der Waals surface area contributed by atoms with Gasteiger partial charge in [0.1, 0.15) is 0 Å². The van der Waals surface area contributed by atoms with Crippen molar-refractivity contribution in [2.24, 2.45) is 17.6 Å². The summed E-state index contributed by atoms with van der Waals surface area (Å²) in [6.45, 7) is 7.19. The molecule has 2 atom stereocenters. The minimum atomic E-state index is -0.806. The first-order chi connectivity index (χ1) is 7.99. The van der Waals surface area contributed by atoms with Crippen molar-refractivity contribution in [1.82, 2.24) is 5.32 Å². The van der Waals surface area contributed by atoms with Gasteiger partial charge in [-0.15, -0.1) is 0 Å². The summed E-state index contributed by atoms with van der Waals surface area (Å²) in [4.78, 5) is 11.6. The zero-order valence-corrected chi connectivity index (χ0v) is 12.0. The molecule has 0 aromatic carbocycles. The first-order valence-electron chi connectivity index (χ1n) is 6.31. The van der Waals surface area contributed by atoms with Crippen LogP contribution < -0.4 is 11.1 Å². The van der Waals surface area contributed by atoms with Crippen LogP contribution in [0, 0.1) is 11.8 Å². The van der Waals surface area contributed by atoms with Crippen molar-refractivity contribution in [2.75, 3.05) is 24.6 Å². The van der Waals surface area contributed by atoms with E-state index in [0.29, 0.717) is 36.9 Å². The molecule has 0 aliphatic heterocycles. The zero-order chi connectivity index (χ0) is 13.3. The van der Waals surface area contributed by atoms with Crippen molar-refractivity contribution in [1.29, 1.82) is 0 Å². The van der Waals surface area contributed by atoms with Gasteiger partial charge in [0.15, 0.2) is 0 Å². The van der Waals surface area contributed by atoms with E-state index in [0.717, 1.165) is 6.42 Å². The predicted molar refractivity (Wildman–Crippen MR) is 73.2 cm³/mol. The van der Waals surface area contributed by atoms with Gasteiger partial charge in [0.2, 0.25) is 5.91 Å². The second-order valence-corrected chi connectivity index (χ2v) is 6.58. The van der Waals surface area contributed by atoms with Crippen molar-refractivity contribution in [3.63, 3.8) is 0 Å². The van der Waals surface area contributed by atoms with Gasteiger partial charge >= 0.3 is 0 Å². The first kappa shape index (κ1) is 16.6. The summed E-state index contributed by atoms with van der Waals surface area (Å²) in [6, 6.07) is 0. The second-order valence-electron chi connectivity index (χ2n) is 4.72. The highest BCUT2D eigenvalue weighted by Gasteiger charge is 2.13. The molecule has 0 bridgehead atoms. The molecule has 0 heterocycles. The summed E-state index contributed by atoms with van der Waals surface area (Å²) in [5.74, 6) is 2.03. The molecule has 0 saturated heterocycles. The van der Waals surface area contributed by atoms with Crippen LogP contribution in [0.15, 0.2) is 0 Å². The molecule has 0 aliphatic rings. The van der Waals surface area contributed by atoms with Gasteiger partial charge in [-0.25, -0.2) is 0 Å². The van der Waals surface area contributed by atoms with E-state index in [9.17, 15) is 9.00 Å². The molecule has 5 heteroatoms. The predicted octanol–water partition coefficient (Wildman–Crippen LogP) is 0.882. The number of carbonyl (C=O) groups is 1. The average molecular weight is 262 g/mol. The smallest absolute Gasteiger partial charge is 0.220 e. The van der Waals surface area contributed by atoms with Crippen molar-refractivity contribution < 1.29 is 9.00 Å². The van der Waals surface area contributed by atoms with E-state index >= 15 is 0 Å². The second kappa shape index (κ2) is 9.59. The van der Waals surface area contributed by atoms with Crippen molar-refractivity contribution in [3.05, 3.63) is 0 Å². The molecule has 102 valence electrons. The summed E-state index contributed by atoms with van der Waals surface area (Å²) >= 11 is 0. The minimum absolute atomic E-state index is 0.0224. The number of amides is 1. The molecule has 0 rings (SSSR count). The summed E-state index contributed by atoms with van der Waals surface area (Å²) in [7, 11) is -0.806. The van der Waals surface area contributed by atoms with E-state index in [1.54, 1.807) is 0 Å². The number of carbonyl (C=O) groups excluding carboxylic acids is 1. The van der Waals surface area contributed by atoms with Gasteiger partial charge in [0.25, 0.3) is 0 Å². The number of rotatable bonds is 9. The Morgan fingerprint density at radius 1 is 1.41 bits per heavy atom. The average Bonchev–Trinajstić information content (AvgIpc) is 2.27. The Hall–Kier alpha value is -0.420. The van der Waals surface area contributed by atoms with Crippen molar-refractivity contribution in [2.45, 2.75) is 33.6 Å². The summed E-state index contributed by atoms with van der Waals surface area (Å²) in [6.07, 6.45) is 1.46. The SMILES string of the molecule is CCS(=O)CCNC(=O)CC(CN)CC(C)C. The van der Waals surface area contributed by atoms with E-state index in [2.05, 4.69) is 19.2 Å². The Kier molecular flexibility index (Phi) is 9.36. The highest BCUT2D eigenvalue weighted by atomic mass is 32.2. The minimum Gasteiger partial charge on any atom is -0.355 e. The molecule has 0 aliphatic carbocycles. The molecule has 0 aromatic heterocycles. The largest absolute Gasteiger partial charge is 0.355 e. The molecular weight excluding hydrogens is 236 g/mol. The summed E-state index contributed by atoms with van der Waals surface area (Å²) < 4.78 is 11.2. The Balaban J connectivity index is 3.79. The van der Waals surface area contributed by atoms with Crippen molar-refractivity contribution in [3.8, 4) is 0 Å². The molecular formula is C12H26N2O2S. The molecule has 2 unspecified atom stereocenters. The quantitative estimate of drug-likeness (QED) is 0.648. The van der Waals surface area contributed by atoms with Crippen LogP contribution in [0.1, 0.15) is 33.6 Å². The normalized spacial score (nSPS) is 14.6. The monoisotopic (exact) mass is 262 g/mol. The Morgan fingerprint density at radius 3 is 2.53 bits per heavy atom. The van der Waals surface area contributed by atoms with E-state index < -0.39 is 10.8 Å². The maximum absolute atomic E-state index is 11.6. The van der Waals surface area contributed by atoms with Gasteiger partial charge in [-0.05, 0) is 24.8 Å². The van der Waals surface area contributed by atoms with Gasteiger partial charge in [-0.2, -0.15) is 0 Å². The number of hydrogen-bond donors (Lipinski definition) is 2. The maximum atomic E-state index is 11.6. The highest BCUT2D eigenvalue weighted by Crippen LogP contribution is 2.13. The lowest BCUT2D eigenvalue weighted by Gasteiger charge is -2.16. The maximum Gasteiger partial charge on any atom is 0.220 e. The molecule has 4 nitrogen and oxygen atoms in total. The van der Waals surface area contributed by atoms with Crippen LogP contribution in [-0.2, 0) is 15.6 Å². The Labute approximate surface area is 107 Å². The first-order valence-corrected chi connectivity index (χ1v) is 7.80. The Bertz CT molecular complexity index is 245. The van der Waals surface area contributed by atoms with E-state index in [1.165, 1.54) is 0 Å². The van der Waals surface area contributed by atoms with Crippen LogP contribution >= 0.6 is 0 Å². The summed E-state index contributed by atoms with van der Waals surface area (Å²) in [5.41, 5.74) is 5.64. The van der Waals surface area contributed by atoms with Crippen LogP contribution in [0.4, 0.5) is 0 Å². The zero-order valence-electron chi connectivity index (χ0n) is 11.2. The molecule has 0 spiro atoms. The third kappa shape index (κ3) is 9.30. The van der Waals surface area contributed by atoms with Crippen LogP contribution in [0.2, 0.25) is 0 Å². The fourth-order valence-electron chi connectivity index (χ4n) is 1.71.